The quantitative estimate of drug-likeness (QED) is 0.505. The summed E-state index contributed by atoms with van der Waals surface area (Å²) in [4.78, 5) is 0. The average molecular weight is 212 g/mol. The number of hydrogen-bond acceptors (Lipinski definition) is 1. The van der Waals surface area contributed by atoms with Crippen LogP contribution < -0.4 is 0 Å². The summed E-state index contributed by atoms with van der Waals surface area (Å²) in [7, 11) is 0.0753. The van der Waals surface area contributed by atoms with E-state index in [1.807, 2.05) is 0 Å². The molecule has 1 saturated carbocycles. The summed E-state index contributed by atoms with van der Waals surface area (Å²) in [5.74, 6) is 0. The van der Waals surface area contributed by atoms with Crippen LogP contribution >= 0.6 is 0 Å². The van der Waals surface area contributed by atoms with E-state index in [-0.39, 0.29) is 9.52 Å². The first-order chi connectivity index (χ1) is 6.95. The van der Waals surface area contributed by atoms with Gasteiger partial charge in [0.2, 0.25) is 0 Å². The Morgan fingerprint density at radius 3 is 2.14 bits per heavy atom. The van der Waals surface area contributed by atoms with Gasteiger partial charge in [-0.2, -0.15) is 0 Å². The van der Waals surface area contributed by atoms with E-state index in [9.17, 15) is 0 Å². The van der Waals surface area contributed by atoms with E-state index >= 15 is 0 Å². The predicted octanol–water partition coefficient (Wildman–Crippen LogP) is 2.82. The van der Waals surface area contributed by atoms with Crippen LogP contribution in [0.1, 0.15) is 57.8 Å². The van der Waals surface area contributed by atoms with E-state index < -0.39 is 0 Å². The van der Waals surface area contributed by atoms with Gasteiger partial charge in [0.25, 0.3) is 0 Å². The molecule has 1 unspecified atom stereocenters. The molecule has 0 aromatic heterocycles. The largest absolute Gasteiger partial charge is 0.382 e. The zero-order chi connectivity index (χ0) is 9.64. The molecule has 2 heteroatoms. The van der Waals surface area contributed by atoms with E-state index in [4.69, 9.17) is 4.74 Å². The minimum atomic E-state index is 0.0753. The molecule has 0 spiro atoms. The first-order valence-corrected chi connectivity index (χ1v) is 8.20. The molecule has 0 radical (unpaired) electrons. The molecule has 0 amide bonds. The standard InChI is InChI=1S/C12H24OSi/c1-2-4-8-11(7-3-1)14-12-9-5-6-10-13-12/h11-12H,1-10,14H2. The lowest BCUT2D eigenvalue weighted by Gasteiger charge is -2.25. The summed E-state index contributed by atoms with van der Waals surface area (Å²) < 4.78 is 5.88. The Balaban J connectivity index is 1.71. The normalized spacial score (nSPS) is 32.1. The Hall–Kier alpha value is 0.177. The van der Waals surface area contributed by atoms with E-state index in [1.54, 1.807) is 0 Å². The van der Waals surface area contributed by atoms with Crippen molar-refractivity contribution in [3.8, 4) is 0 Å². The lowest BCUT2D eigenvalue weighted by Crippen LogP contribution is -2.28. The fourth-order valence-corrected chi connectivity index (χ4v) is 5.58. The van der Waals surface area contributed by atoms with Crippen molar-refractivity contribution in [3.05, 3.63) is 0 Å². The second kappa shape index (κ2) is 5.91. The van der Waals surface area contributed by atoms with Gasteiger partial charge in [-0.1, -0.05) is 38.5 Å². The maximum Gasteiger partial charge on any atom is 0.0586 e. The molecule has 2 rings (SSSR count). The molecule has 0 bridgehead atoms. The summed E-state index contributed by atoms with van der Waals surface area (Å²) in [5, 5.41) is 0. The molecule has 1 heterocycles. The lowest BCUT2D eigenvalue weighted by molar-refractivity contribution is 0.0641. The van der Waals surface area contributed by atoms with Crippen LogP contribution in [0.5, 0.6) is 0 Å². The highest BCUT2D eigenvalue weighted by molar-refractivity contribution is 6.39. The fourth-order valence-electron chi connectivity index (χ4n) is 2.96. The molecule has 0 N–H and O–H groups in total. The van der Waals surface area contributed by atoms with Crippen LogP contribution in [0.2, 0.25) is 5.54 Å². The maximum absolute atomic E-state index is 5.88. The van der Waals surface area contributed by atoms with Gasteiger partial charge in [0.15, 0.2) is 0 Å². The highest BCUT2D eigenvalue weighted by Gasteiger charge is 2.20. The zero-order valence-electron chi connectivity index (χ0n) is 9.34. The maximum atomic E-state index is 5.88. The molecule has 82 valence electrons. The molecule has 1 saturated heterocycles. The van der Waals surface area contributed by atoms with Crippen molar-refractivity contribution in [3.63, 3.8) is 0 Å². The molecular formula is C12H24OSi. The van der Waals surface area contributed by atoms with Gasteiger partial charge in [-0.05, 0) is 24.8 Å². The van der Waals surface area contributed by atoms with Crippen molar-refractivity contribution in [2.24, 2.45) is 0 Å². The van der Waals surface area contributed by atoms with E-state index in [0.29, 0.717) is 0 Å². The van der Waals surface area contributed by atoms with Crippen LogP contribution in [0.4, 0.5) is 0 Å². The minimum Gasteiger partial charge on any atom is -0.382 e. The van der Waals surface area contributed by atoms with Gasteiger partial charge >= 0.3 is 0 Å². The van der Waals surface area contributed by atoms with Crippen molar-refractivity contribution in [2.45, 2.75) is 69.1 Å². The van der Waals surface area contributed by atoms with E-state index in [2.05, 4.69) is 0 Å². The summed E-state index contributed by atoms with van der Waals surface area (Å²) in [5.41, 5.74) is 1.88. The fraction of sp³-hybridized carbons (Fsp3) is 1.00. The van der Waals surface area contributed by atoms with Crippen molar-refractivity contribution < 1.29 is 4.74 Å². The van der Waals surface area contributed by atoms with Crippen LogP contribution in [-0.4, -0.2) is 21.9 Å². The van der Waals surface area contributed by atoms with Crippen molar-refractivity contribution in [2.75, 3.05) is 6.61 Å². The number of ether oxygens (including phenoxy) is 1. The average Bonchev–Trinajstić information content (AvgIpc) is 2.48. The SMILES string of the molecule is C1CCCC([SiH2]C2CCCCO2)CC1. The van der Waals surface area contributed by atoms with Crippen LogP contribution in [-0.2, 0) is 4.74 Å². The lowest BCUT2D eigenvalue weighted by atomic mass is 10.2. The topological polar surface area (TPSA) is 9.23 Å². The summed E-state index contributed by atoms with van der Waals surface area (Å²) >= 11 is 0. The molecule has 0 aromatic rings. The van der Waals surface area contributed by atoms with Gasteiger partial charge in [0.1, 0.15) is 0 Å². The Bertz CT molecular complexity index is 146. The van der Waals surface area contributed by atoms with Crippen molar-refractivity contribution in [1.29, 1.82) is 0 Å². The number of rotatable bonds is 2. The van der Waals surface area contributed by atoms with Crippen LogP contribution in [0.15, 0.2) is 0 Å². The number of hydrogen-bond donors (Lipinski definition) is 0. The summed E-state index contributed by atoms with van der Waals surface area (Å²) in [6.07, 6.45) is 13.2. The highest BCUT2D eigenvalue weighted by atomic mass is 28.2. The van der Waals surface area contributed by atoms with Crippen molar-refractivity contribution >= 4 is 9.52 Å². The minimum absolute atomic E-state index is 0.0753. The zero-order valence-corrected chi connectivity index (χ0v) is 10.8. The second-order valence-corrected chi connectivity index (χ2v) is 7.62. The predicted molar refractivity (Wildman–Crippen MR) is 63.6 cm³/mol. The van der Waals surface area contributed by atoms with Crippen molar-refractivity contribution in [1.82, 2.24) is 0 Å². The molecule has 1 aliphatic carbocycles. The summed E-state index contributed by atoms with van der Waals surface area (Å²) in [6.45, 7) is 1.06. The van der Waals surface area contributed by atoms with Gasteiger partial charge in [-0.15, -0.1) is 0 Å². The van der Waals surface area contributed by atoms with E-state index in [0.717, 1.165) is 17.9 Å². The van der Waals surface area contributed by atoms with E-state index in [1.165, 1.54) is 57.8 Å². The molecule has 1 atom stereocenters. The van der Waals surface area contributed by atoms with Gasteiger partial charge < -0.3 is 4.74 Å². The third kappa shape index (κ3) is 3.39. The first kappa shape index (κ1) is 10.7. The molecular weight excluding hydrogens is 188 g/mol. The molecule has 14 heavy (non-hydrogen) atoms. The van der Waals surface area contributed by atoms with Crippen LogP contribution in [0.3, 0.4) is 0 Å². The Morgan fingerprint density at radius 2 is 1.50 bits per heavy atom. The molecule has 2 fully saturated rings. The van der Waals surface area contributed by atoms with Crippen LogP contribution in [0.25, 0.3) is 0 Å². The Kier molecular flexibility index (Phi) is 4.51. The van der Waals surface area contributed by atoms with Gasteiger partial charge in [0, 0.05) is 12.3 Å². The monoisotopic (exact) mass is 212 g/mol. The second-order valence-electron chi connectivity index (χ2n) is 5.08. The third-order valence-corrected chi connectivity index (χ3v) is 6.50. The molecule has 1 nitrogen and oxygen atoms in total. The van der Waals surface area contributed by atoms with Gasteiger partial charge in [-0.3, -0.25) is 0 Å². The highest BCUT2D eigenvalue weighted by Crippen LogP contribution is 2.29. The first-order valence-electron chi connectivity index (χ1n) is 6.57. The third-order valence-electron chi connectivity index (χ3n) is 3.84. The molecule has 0 aromatic carbocycles. The Labute approximate surface area is 90.4 Å². The van der Waals surface area contributed by atoms with Gasteiger partial charge in [0.05, 0.1) is 9.52 Å². The smallest absolute Gasteiger partial charge is 0.0586 e. The Morgan fingerprint density at radius 1 is 0.786 bits per heavy atom. The van der Waals surface area contributed by atoms with Crippen LogP contribution in [0, 0.1) is 0 Å². The molecule has 2 aliphatic rings. The molecule has 1 aliphatic heterocycles. The summed E-state index contributed by atoms with van der Waals surface area (Å²) in [6, 6.07) is 0. The van der Waals surface area contributed by atoms with Gasteiger partial charge in [-0.25, -0.2) is 0 Å².